The number of nitrogens with one attached hydrogen (secondary N) is 1. The van der Waals surface area contributed by atoms with Crippen molar-refractivity contribution in [2.45, 2.75) is 46.8 Å². The summed E-state index contributed by atoms with van der Waals surface area (Å²) < 4.78 is 5.04. The second-order valence-corrected chi connectivity index (χ2v) is 2.61. The Bertz CT molecular complexity index is 64.6. The van der Waals surface area contributed by atoms with Crippen molar-refractivity contribution < 1.29 is 4.74 Å². The molecule has 11 heavy (non-hydrogen) atoms. The predicted octanol–water partition coefficient (Wildman–Crippen LogP) is 2.05. The molecule has 0 aliphatic rings. The summed E-state index contributed by atoms with van der Waals surface area (Å²) >= 11 is 0. The summed E-state index contributed by atoms with van der Waals surface area (Å²) in [5.74, 6) is 0. The molecule has 0 amide bonds. The third kappa shape index (κ3) is 13.0. The van der Waals surface area contributed by atoms with E-state index in [2.05, 4.69) is 26.1 Å². The minimum absolute atomic E-state index is 0.326. The molecular weight excluding hydrogens is 138 g/mol. The fourth-order valence-corrected chi connectivity index (χ4v) is 0.485. The van der Waals surface area contributed by atoms with Crippen molar-refractivity contribution in [3.63, 3.8) is 0 Å². The van der Waals surface area contributed by atoms with Crippen molar-refractivity contribution in [3.8, 4) is 0 Å². The molecule has 0 aromatic heterocycles. The normalized spacial score (nSPS) is 12.3. The van der Waals surface area contributed by atoms with Crippen LogP contribution >= 0.6 is 0 Å². The molecule has 0 aromatic rings. The number of rotatable bonds is 4. The van der Waals surface area contributed by atoms with E-state index in [9.17, 15) is 0 Å². The SMILES string of the molecule is CC.COC(C)CNC(C)C. The van der Waals surface area contributed by atoms with Gasteiger partial charge in [0.25, 0.3) is 0 Å². The summed E-state index contributed by atoms with van der Waals surface area (Å²) in [5.41, 5.74) is 0. The van der Waals surface area contributed by atoms with E-state index < -0.39 is 0 Å². The second kappa shape index (κ2) is 9.92. The largest absolute Gasteiger partial charge is 0.380 e. The maximum atomic E-state index is 5.04. The fraction of sp³-hybridized carbons (Fsp3) is 1.00. The maximum Gasteiger partial charge on any atom is 0.0667 e. The first-order valence-corrected chi connectivity index (χ1v) is 4.43. The van der Waals surface area contributed by atoms with Gasteiger partial charge in [-0.05, 0) is 6.92 Å². The lowest BCUT2D eigenvalue weighted by Gasteiger charge is -2.12. The Morgan fingerprint density at radius 2 is 1.64 bits per heavy atom. The van der Waals surface area contributed by atoms with Crippen LogP contribution in [0, 0.1) is 0 Å². The summed E-state index contributed by atoms with van der Waals surface area (Å²) in [7, 11) is 1.73. The summed E-state index contributed by atoms with van der Waals surface area (Å²) in [6.45, 7) is 11.2. The Morgan fingerprint density at radius 1 is 1.18 bits per heavy atom. The van der Waals surface area contributed by atoms with Crippen molar-refractivity contribution >= 4 is 0 Å². The average molecular weight is 161 g/mol. The molecule has 0 saturated heterocycles. The standard InChI is InChI=1S/C7H17NO.C2H6/c1-6(2)8-5-7(3)9-4;1-2/h6-8H,5H2,1-4H3;1-2H3. The quantitative estimate of drug-likeness (QED) is 0.681. The molecule has 0 heterocycles. The van der Waals surface area contributed by atoms with Gasteiger partial charge in [0, 0.05) is 19.7 Å². The van der Waals surface area contributed by atoms with Crippen LogP contribution in [0.25, 0.3) is 0 Å². The highest BCUT2D eigenvalue weighted by Gasteiger charge is 1.98. The molecule has 0 aliphatic heterocycles. The van der Waals surface area contributed by atoms with Gasteiger partial charge in [0.1, 0.15) is 0 Å². The van der Waals surface area contributed by atoms with Gasteiger partial charge in [-0.2, -0.15) is 0 Å². The lowest BCUT2D eigenvalue weighted by atomic mass is 10.3. The molecule has 2 heteroatoms. The van der Waals surface area contributed by atoms with E-state index in [0.717, 1.165) is 6.54 Å². The lowest BCUT2D eigenvalue weighted by molar-refractivity contribution is 0.115. The zero-order valence-electron chi connectivity index (χ0n) is 8.77. The van der Waals surface area contributed by atoms with Crippen LogP contribution in [0.3, 0.4) is 0 Å². The Labute approximate surface area is 71.3 Å². The molecule has 1 unspecified atom stereocenters. The third-order valence-corrected chi connectivity index (χ3v) is 1.22. The summed E-state index contributed by atoms with van der Waals surface area (Å²) in [6, 6.07) is 0.558. The summed E-state index contributed by atoms with van der Waals surface area (Å²) in [6.07, 6.45) is 0.326. The van der Waals surface area contributed by atoms with E-state index in [1.807, 2.05) is 13.8 Å². The van der Waals surface area contributed by atoms with Gasteiger partial charge < -0.3 is 10.1 Å². The highest BCUT2D eigenvalue weighted by molar-refractivity contribution is 4.57. The van der Waals surface area contributed by atoms with Crippen LogP contribution in [-0.4, -0.2) is 25.8 Å². The molecule has 0 radical (unpaired) electrons. The zero-order valence-corrected chi connectivity index (χ0v) is 8.77. The van der Waals surface area contributed by atoms with Gasteiger partial charge >= 0.3 is 0 Å². The fourth-order valence-electron chi connectivity index (χ4n) is 0.485. The van der Waals surface area contributed by atoms with Crippen LogP contribution < -0.4 is 5.32 Å². The van der Waals surface area contributed by atoms with Gasteiger partial charge in [-0.1, -0.05) is 27.7 Å². The summed E-state index contributed by atoms with van der Waals surface area (Å²) in [5, 5.41) is 3.27. The van der Waals surface area contributed by atoms with Crippen molar-refractivity contribution in [2.24, 2.45) is 0 Å². The van der Waals surface area contributed by atoms with Crippen LogP contribution in [0.5, 0.6) is 0 Å². The first kappa shape index (κ1) is 13.5. The smallest absolute Gasteiger partial charge is 0.0667 e. The molecule has 0 aliphatic carbocycles. The Balaban J connectivity index is 0. The van der Waals surface area contributed by atoms with E-state index in [1.54, 1.807) is 7.11 Å². The average Bonchev–Trinajstić information content (AvgIpc) is 2.04. The molecule has 0 bridgehead atoms. The van der Waals surface area contributed by atoms with Crippen LogP contribution in [0.1, 0.15) is 34.6 Å². The van der Waals surface area contributed by atoms with Crippen LogP contribution in [0.4, 0.5) is 0 Å². The Kier molecular flexibility index (Phi) is 12.2. The first-order valence-electron chi connectivity index (χ1n) is 4.43. The van der Waals surface area contributed by atoms with E-state index in [0.29, 0.717) is 12.1 Å². The van der Waals surface area contributed by atoms with Crippen LogP contribution in [-0.2, 0) is 4.74 Å². The summed E-state index contributed by atoms with van der Waals surface area (Å²) in [4.78, 5) is 0. The molecule has 0 rings (SSSR count). The highest BCUT2D eigenvalue weighted by atomic mass is 16.5. The topological polar surface area (TPSA) is 21.3 Å². The molecule has 0 fully saturated rings. The van der Waals surface area contributed by atoms with E-state index in [4.69, 9.17) is 4.74 Å². The van der Waals surface area contributed by atoms with Crippen molar-refractivity contribution in [2.75, 3.05) is 13.7 Å². The minimum atomic E-state index is 0.326. The molecular formula is C9H23NO. The van der Waals surface area contributed by atoms with E-state index in [-0.39, 0.29) is 0 Å². The molecule has 2 nitrogen and oxygen atoms in total. The van der Waals surface area contributed by atoms with Gasteiger partial charge in [0.15, 0.2) is 0 Å². The number of methoxy groups -OCH3 is 1. The van der Waals surface area contributed by atoms with Crippen molar-refractivity contribution in [1.29, 1.82) is 0 Å². The predicted molar refractivity (Wildman–Crippen MR) is 51.0 cm³/mol. The van der Waals surface area contributed by atoms with Crippen LogP contribution in [0.2, 0.25) is 0 Å². The van der Waals surface area contributed by atoms with Gasteiger partial charge in [0.2, 0.25) is 0 Å². The number of hydrogen-bond donors (Lipinski definition) is 1. The minimum Gasteiger partial charge on any atom is -0.380 e. The zero-order chi connectivity index (χ0) is 9.28. The molecule has 0 aromatic carbocycles. The van der Waals surface area contributed by atoms with E-state index >= 15 is 0 Å². The van der Waals surface area contributed by atoms with Gasteiger partial charge in [-0.25, -0.2) is 0 Å². The Morgan fingerprint density at radius 3 is 1.91 bits per heavy atom. The van der Waals surface area contributed by atoms with Crippen LogP contribution in [0.15, 0.2) is 0 Å². The molecule has 0 spiro atoms. The van der Waals surface area contributed by atoms with Gasteiger partial charge in [-0.15, -0.1) is 0 Å². The van der Waals surface area contributed by atoms with Gasteiger partial charge in [0.05, 0.1) is 6.10 Å². The lowest BCUT2D eigenvalue weighted by Crippen LogP contribution is -2.31. The van der Waals surface area contributed by atoms with Crippen molar-refractivity contribution in [1.82, 2.24) is 5.32 Å². The number of hydrogen-bond acceptors (Lipinski definition) is 2. The maximum absolute atomic E-state index is 5.04. The van der Waals surface area contributed by atoms with E-state index in [1.165, 1.54) is 0 Å². The monoisotopic (exact) mass is 161 g/mol. The first-order chi connectivity index (χ1) is 5.16. The molecule has 70 valence electrons. The second-order valence-electron chi connectivity index (χ2n) is 2.61. The third-order valence-electron chi connectivity index (χ3n) is 1.22. The molecule has 1 atom stereocenters. The highest BCUT2D eigenvalue weighted by Crippen LogP contribution is 1.85. The molecule has 0 saturated carbocycles. The molecule has 1 N–H and O–H groups in total. The van der Waals surface area contributed by atoms with Crippen molar-refractivity contribution in [3.05, 3.63) is 0 Å². The number of ether oxygens (including phenoxy) is 1. The van der Waals surface area contributed by atoms with Gasteiger partial charge in [-0.3, -0.25) is 0 Å². The Hall–Kier alpha value is -0.0800.